The van der Waals surface area contributed by atoms with Crippen LogP contribution in [0.3, 0.4) is 0 Å². The lowest BCUT2D eigenvalue weighted by Gasteiger charge is -2.37. The van der Waals surface area contributed by atoms with Crippen LogP contribution >= 0.6 is 0 Å². The summed E-state index contributed by atoms with van der Waals surface area (Å²) in [7, 11) is 2.04. The first-order valence-electron chi connectivity index (χ1n) is 13.3. The first-order chi connectivity index (χ1) is 18.4. The number of unbranched alkanes of at least 4 members (excludes halogenated alkanes) is 2. The molecule has 8 heteroatoms. The molecule has 3 rings (SSSR count). The van der Waals surface area contributed by atoms with Crippen LogP contribution in [-0.4, -0.2) is 54.6 Å². The van der Waals surface area contributed by atoms with Crippen LogP contribution in [-0.2, 0) is 25.7 Å². The average Bonchev–Trinajstić information content (AvgIpc) is 2.91. The molecule has 0 aromatic heterocycles. The van der Waals surface area contributed by atoms with Crippen LogP contribution in [0.4, 0.5) is 5.69 Å². The summed E-state index contributed by atoms with van der Waals surface area (Å²) < 4.78 is 12.7. The first-order valence-corrected chi connectivity index (χ1v) is 13.3. The third kappa shape index (κ3) is 9.68. The van der Waals surface area contributed by atoms with E-state index in [1.54, 1.807) is 0 Å². The number of carbonyl (C=O) groups excluding carboxylic acids is 2. The summed E-state index contributed by atoms with van der Waals surface area (Å²) in [6, 6.07) is 15.4. The minimum atomic E-state index is -0.540. The normalized spacial score (nSPS) is 19.2. The molecule has 206 valence electrons. The zero-order chi connectivity index (χ0) is 27.3. The predicted octanol–water partition coefficient (Wildman–Crippen LogP) is 4.48. The lowest BCUT2D eigenvalue weighted by Crippen LogP contribution is -2.37. The van der Waals surface area contributed by atoms with E-state index in [1.165, 1.54) is 6.92 Å². The molecule has 2 amide bonds. The summed E-state index contributed by atoms with van der Waals surface area (Å²) in [4.78, 5) is 25.4. The maximum absolute atomic E-state index is 12.3. The van der Waals surface area contributed by atoms with Crippen molar-refractivity contribution in [3.8, 4) is 0 Å². The number of nitrogens with zero attached hydrogens (tertiary/aromatic N) is 1. The van der Waals surface area contributed by atoms with Gasteiger partial charge in [0.2, 0.25) is 11.8 Å². The van der Waals surface area contributed by atoms with Crippen molar-refractivity contribution in [3.05, 3.63) is 77.9 Å². The second kappa shape index (κ2) is 15.4. The quantitative estimate of drug-likeness (QED) is 0.249. The van der Waals surface area contributed by atoms with Crippen LogP contribution in [0.5, 0.6) is 0 Å². The lowest BCUT2D eigenvalue weighted by atomic mass is 9.99. The number of amides is 2. The van der Waals surface area contributed by atoms with E-state index in [0.29, 0.717) is 13.0 Å². The minimum Gasteiger partial charge on any atom is -0.392 e. The molecule has 1 heterocycles. The third-order valence-electron chi connectivity index (χ3n) is 6.49. The molecule has 8 nitrogen and oxygen atoms in total. The van der Waals surface area contributed by atoms with E-state index < -0.39 is 6.29 Å². The number of benzene rings is 2. The van der Waals surface area contributed by atoms with Crippen LogP contribution in [0, 0.1) is 0 Å². The number of nitrogens with one attached hydrogen (secondary N) is 2. The highest BCUT2D eigenvalue weighted by Gasteiger charge is 2.32. The molecule has 3 N–H and O–H groups in total. The minimum absolute atomic E-state index is 0.00794. The Bertz CT molecular complexity index is 1030. The number of carbonyl (C=O) groups is 2. The van der Waals surface area contributed by atoms with Crippen molar-refractivity contribution in [2.24, 2.45) is 0 Å². The van der Waals surface area contributed by atoms with Gasteiger partial charge in [-0.2, -0.15) is 0 Å². The van der Waals surface area contributed by atoms with E-state index in [2.05, 4.69) is 22.1 Å². The maximum Gasteiger partial charge on any atom is 0.224 e. The molecule has 0 aliphatic carbocycles. The zero-order valence-electron chi connectivity index (χ0n) is 22.5. The number of likely N-dealkylation sites (N-methyl/N-ethyl adjacent to an activating group) is 1. The van der Waals surface area contributed by atoms with Gasteiger partial charge in [0.25, 0.3) is 0 Å². The lowest BCUT2D eigenvalue weighted by molar-refractivity contribution is -0.252. The van der Waals surface area contributed by atoms with Crippen molar-refractivity contribution >= 4 is 17.5 Å². The van der Waals surface area contributed by atoms with Gasteiger partial charge in [-0.25, -0.2) is 0 Å². The van der Waals surface area contributed by atoms with Gasteiger partial charge in [-0.1, -0.05) is 48.9 Å². The van der Waals surface area contributed by atoms with Gasteiger partial charge in [0, 0.05) is 50.7 Å². The van der Waals surface area contributed by atoms with Crippen molar-refractivity contribution in [3.63, 3.8) is 0 Å². The van der Waals surface area contributed by atoms with Gasteiger partial charge >= 0.3 is 0 Å². The molecular formula is C30H41N3O5. The molecule has 38 heavy (non-hydrogen) atoms. The standard InChI is InChI=1S/C30H41N3O5/c1-4-18-33(3)20-27-19-28(24-11-9-23(21-34)10-12-24)38-30(37-27)25-13-15-26(16-14-25)32-29(36)8-6-5-7-17-31-22(2)35/h4,9-16,27-28,30,34H,1,5-8,17-21H2,2-3H3,(H,31,35)(H,32,36)/t27-,28+,30+/m1/s1. The highest BCUT2D eigenvalue weighted by atomic mass is 16.7. The van der Waals surface area contributed by atoms with Gasteiger partial charge in [-0.3, -0.25) is 9.59 Å². The van der Waals surface area contributed by atoms with Crippen molar-refractivity contribution in [1.29, 1.82) is 0 Å². The summed E-state index contributed by atoms with van der Waals surface area (Å²) in [6.45, 7) is 7.49. The molecule has 0 unspecified atom stereocenters. The maximum atomic E-state index is 12.3. The number of anilines is 1. The zero-order valence-corrected chi connectivity index (χ0v) is 22.5. The predicted molar refractivity (Wildman–Crippen MR) is 148 cm³/mol. The van der Waals surface area contributed by atoms with Crippen molar-refractivity contribution < 1.29 is 24.2 Å². The summed E-state index contributed by atoms with van der Waals surface area (Å²) >= 11 is 0. The van der Waals surface area contributed by atoms with E-state index in [0.717, 1.165) is 61.2 Å². The Morgan fingerprint density at radius 1 is 1.05 bits per heavy atom. The summed E-state index contributed by atoms with van der Waals surface area (Å²) in [5, 5.41) is 15.1. The molecule has 0 radical (unpaired) electrons. The number of hydrogen-bond donors (Lipinski definition) is 3. The molecule has 1 saturated heterocycles. The second-order valence-corrected chi connectivity index (χ2v) is 9.82. The third-order valence-corrected chi connectivity index (χ3v) is 6.49. The molecule has 0 spiro atoms. The van der Waals surface area contributed by atoms with E-state index in [1.807, 2.05) is 61.7 Å². The molecule has 0 bridgehead atoms. The highest BCUT2D eigenvalue weighted by molar-refractivity contribution is 5.90. The van der Waals surface area contributed by atoms with Crippen LogP contribution in [0.15, 0.2) is 61.2 Å². The molecule has 2 aromatic carbocycles. The van der Waals surface area contributed by atoms with Gasteiger partial charge in [0.05, 0.1) is 18.8 Å². The number of rotatable bonds is 14. The topological polar surface area (TPSA) is 100 Å². The van der Waals surface area contributed by atoms with Crippen molar-refractivity contribution in [1.82, 2.24) is 10.2 Å². The van der Waals surface area contributed by atoms with Gasteiger partial charge in [0.15, 0.2) is 6.29 Å². The molecule has 0 saturated carbocycles. The summed E-state index contributed by atoms with van der Waals surface area (Å²) in [6.07, 6.45) is 4.83. The van der Waals surface area contributed by atoms with Crippen LogP contribution < -0.4 is 10.6 Å². The van der Waals surface area contributed by atoms with Gasteiger partial charge in [-0.05, 0) is 43.1 Å². The van der Waals surface area contributed by atoms with E-state index >= 15 is 0 Å². The van der Waals surface area contributed by atoms with E-state index in [9.17, 15) is 14.7 Å². The van der Waals surface area contributed by atoms with Gasteiger partial charge in [-0.15, -0.1) is 6.58 Å². The van der Waals surface area contributed by atoms with Crippen LogP contribution in [0.1, 0.15) is 68.1 Å². The Balaban J connectivity index is 1.59. The molecule has 1 fully saturated rings. The molecular weight excluding hydrogens is 482 g/mol. The Hall–Kier alpha value is -3.04. The van der Waals surface area contributed by atoms with Crippen molar-refractivity contribution in [2.45, 2.75) is 64.1 Å². The number of hydrogen-bond acceptors (Lipinski definition) is 6. The number of aliphatic hydroxyl groups excluding tert-OH is 1. The second-order valence-electron chi connectivity index (χ2n) is 9.82. The SMILES string of the molecule is C=CCN(C)C[C@H]1C[C@@H](c2ccc(CO)cc2)O[C@@H](c2ccc(NC(=O)CCCCCNC(C)=O)cc2)O1. The molecule has 3 atom stereocenters. The largest absolute Gasteiger partial charge is 0.392 e. The number of ether oxygens (including phenoxy) is 2. The first kappa shape index (κ1) is 29.5. The fourth-order valence-electron chi connectivity index (χ4n) is 4.47. The summed E-state index contributed by atoms with van der Waals surface area (Å²) in [5.74, 6) is -0.0582. The van der Waals surface area contributed by atoms with Gasteiger partial charge in [0.1, 0.15) is 0 Å². The van der Waals surface area contributed by atoms with Crippen LogP contribution in [0.2, 0.25) is 0 Å². The molecule has 2 aromatic rings. The number of aliphatic hydroxyl groups is 1. The Morgan fingerprint density at radius 3 is 2.42 bits per heavy atom. The Morgan fingerprint density at radius 2 is 1.76 bits per heavy atom. The fraction of sp³-hybridized carbons (Fsp3) is 0.467. The average molecular weight is 524 g/mol. The monoisotopic (exact) mass is 523 g/mol. The smallest absolute Gasteiger partial charge is 0.224 e. The van der Waals surface area contributed by atoms with Crippen LogP contribution in [0.25, 0.3) is 0 Å². The Kier molecular flexibility index (Phi) is 12.0. The molecule has 1 aliphatic rings. The summed E-state index contributed by atoms with van der Waals surface area (Å²) in [5.41, 5.74) is 3.52. The molecule has 1 aliphatic heterocycles. The van der Waals surface area contributed by atoms with Crippen molar-refractivity contribution in [2.75, 3.05) is 32.0 Å². The van der Waals surface area contributed by atoms with E-state index in [4.69, 9.17) is 9.47 Å². The van der Waals surface area contributed by atoms with E-state index in [-0.39, 0.29) is 30.6 Å². The Labute approximate surface area is 226 Å². The highest BCUT2D eigenvalue weighted by Crippen LogP contribution is 2.38. The fourth-order valence-corrected chi connectivity index (χ4v) is 4.47. The van der Waals surface area contributed by atoms with Gasteiger partial charge < -0.3 is 30.1 Å².